The second-order valence-electron chi connectivity index (χ2n) is 5.37. The van der Waals surface area contributed by atoms with Crippen LogP contribution in [0.5, 0.6) is 0 Å². The van der Waals surface area contributed by atoms with Crippen molar-refractivity contribution >= 4 is 11.5 Å². The van der Waals surface area contributed by atoms with Gasteiger partial charge in [-0.2, -0.15) is 0 Å². The Kier molecular flexibility index (Phi) is 6.07. The number of anilines is 2. The molecule has 2 rings (SSSR count). The highest BCUT2D eigenvalue weighted by atomic mass is 15.1. The molecule has 21 heavy (non-hydrogen) atoms. The number of hydrogen-bond donors (Lipinski definition) is 1. The summed E-state index contributed by atoms with van der Waals surface area (Å²) in [5.41, 5.74) is 8.32. The van der Waals surface area contributed by atoms with Gasteiger partial charge in [0.15, 0.2) is 0 Å². The van der Waals surface area contributed by atoms with Crippen LogP contribution >= 0.6 is 0 Å². The molecule has 0 bridgehead atoms. The van der Waals surface area contributed by atoms with E-state index in [1.807, 2.05) is 6.07 Å². The normalized spacial score (nSPS) is 10.5. The monoisotopic (exact) mass is 283 g/mol. The number of aromatic nitrogens is 1. The van der Waals surface area contributed by atoms with Crippen molar-refractivity contribution in [2.75, 3.05) is 23.7 Å². The van der Waals surface area contributed by atoms with Crippen LogP contribution in [-0.4, -0.2) is 18.1 Å². The molecule has 1 heterocycles. The molecular weight excluding hydrogens is 258 g/mol. The van der Waals surface area contributed by atoms with Crippen molar-refractivity contribution in [1.29, 1.82) is 0 Å². The summed E-state index contributed by atoms with van der Waals surface area (Å²) >= 11 is 0. The van der Waals surface area contributed by atoms with Gasteiger partial charge in [0, 0.05) is 25.0 Å². The minimum absolute atomic E-state index is 0.615. The van der Waals surface area contributed by atoms with Crippen molar-refractivity contribution in [2.45, 2.75) is 32.6 Å². The predicted octanol–water partition coefficient (Wildman–Crippen LogP) is 3.90. The van der Waals surface area contributed by atoms with E-state index < -0.39 is 0 Å². The number of unbranched alkanes of at least 4 members (excludes halogenated alkanes) is 1. The van der Waals surface area contributed by atoms with E-state index >= 15 is 0 Å². The van der Waals surface area contributed by atoms with Gasteiger partial charge in [-0.05, 0) is 55.5 Å². The number of nitrogens with zero attached hydrogens (tertiary/aromatic N) is 2. The highest BCUT2D eigenvalue weighted by Crippen LogP contribution is 2.15. The van der Waals surface area contributed by atoms with Crippen LogP contribution in [0.15, 0.2) is 48.7 Å². The van der Waals surface area contributed by atoms with E-state index in [1.165, 1.54) is 30.5 Å². The summed E-state index contributed by atoms with van der Waals surface area (Å²) in [6.45, 7) is 4.46. The summed E-state index contributed by atoms with van der Waals surface area (Å²) in [7, 11) is 0. The van der Waals surface area contributed by atoms with Crippen LogP contribution in [-0.2, 0) is 6.42 Å². The molecule has 3 heteroatoms. The zero-order valence-electron chi connectivity index (χ0n) is 12.8. The molecule has 1 aromatic carbocycles. The van der Waals surface area contributed by atoms with Crippen LogP contribution in [0.25, 0.3) is 0 Å². The van der Waals surface area contributed by atoms with Gasteiger partial charge in [0.2, 0.25) is 0 Å². The summed E-state index contributed by atoms with van der Waals surface area (Å²) in [4.78, 5) is 6.50. The predicted molar refractivity (Wildman–Crippen MR) is 90.5 cm³/mol. The lowest BCUT2D eigenvalue weighted by Crippen LogP contribution is -2.25. The van der Waals surface area contributed by atoms with E-state index in [9.17, 15) is 0 Å². The molecule has 0 unspecified atom stereocenters. The summed E-state index contributed by atoms with van der Waals surface area (Å²) in [6, 6.07) is 14.7. The maximum atomic E-state index is 5.71. The van der Waals surface area contributed by atoms with Crippen molar-refractivity contribution in [3.8, 4) is 0 Å². The molecule has 2 N–H and O–H groups in total. The summed E-state index contributed by atoms with van der Waals surface area (Å²) in [5.74, 6) is 0.615. The van der Waals surface area contributed by atoms with Crippen molar-refractivity contribution in [2.24, 2.45) is 0 Å². The minimum Gasteiger partial charge on any atom is -0.384 e. The molecule has 0 amide bonds. The lowest BCUT2D eigenvalue weighted by molar-refractivity contribution is 0.677. The van der Waals surface area contributed by atoms with Crippen molar-refractivity contribution < 1.29 is 0 Å². The first kappa shape index (κ1) is 15.4. The van der Waals surface area contributed by atoms with E-state index in [0.717, 1.165) is 19.5 Å². The molecule has 0 aliphatic carbocycles. The van der Waals surface area contributed by atoms with Crippen LogP contribution in [0.3, 0.4) is 0 Å². The van der Waals surface area contributed by atoms with Gasteiger partial charge < -0.3 is 10.6 Å². The molecule has 0 fully saturated rings. The third-order valence-electron chi connectivity index (χ3n) is 3.60. The van der Waals surface area contributed by atoms with Crippen LogP contribution in [0.1, 0.15) is 31.7 Å². The van der Waals surface area contributed by atoms with Gasteiger partial charge in [-0.1, -0.05) is 25.1 Å². The highest BCUT2D eigenvalue weighted by molar-refractivity contribution is 5.45. The van der Waals surface area contributed by atoms with E-state index in [-0.39, 0.29) is 0 Å². The minimum atomic E-state index is 0.615. The number of hydrogen-bond acceptors (Lipinski definition) is 3. The summed E-state index contributed by atoms with van der Waals surface area (Å²) in [5, 5.41) is 0. The van der Waals surface area contributed by atoms with Gasteiger partial charge >= 0.3 is 0 Å². The van der Waals surface area contributed by atoms with Gasteiger partial charge in [-0.15, -0.1) is 0 Å². The largest absolute Gasteiger partial charge is 0.384 e. The summed E-state index contributed by atoms with van der Waals surface area (Å²) < 4.78 is 0. The number of nitrogen functional groups attached to an aromatic ring is 1. The van der Waals surface area contributed by atoms with Gasteiger partial charge in [0.05, 0.1) is 0 Å². The first-order chi connectivity index (χ1) is 10.3. The Labute approximate surface area is 127 Å². The molecule has 0 saturated heterocycles. The Hall–Kier alpha value is -2.03. The molecule has 0 spiro atoms. The second-order valence-corrected chi connectivity index (χ2v) is 5.37. The fourth-order valence-electron chi connectivity index (χ4n) is 2.56. The van der Waals surface area contributed by atoms with Crippen molar-refractivity contribution in [3.63, 3.8) is 0 Å². The quantitative estimate of drug-likeness (QED) is 0.747. The van der Waals surface area contributed by atoms with Gasteiger partial charge in [-0.25, -0.2) is 4.98 Å². The van der Waals surface area contributed by atoms with Gasteiger partial charge in [0.1, 0.15) is 5.82 Å². The van der Waals surface area contributed by atoms with Crippen LogP contribution in [0, 0.1) is 0 Å². The molecule has 2 aromatic rings. The lowest BCUT2D eigenvalue weighted by Gasteiger charge is -2.24. The van der Waals surface area contributed by atoms with Crippen LogP contribution < -0.4 is 10.6 Å². The first-order valence-corrected chi connectivity index (χ1v) is 7.80. The van der Waals surface area contributed by atoms with Crippen molar-refractivity contribution in [1.82, 2.24) is 4.98 Å². The molecular formula is C18H25N3. The maximum Gasteiger partial charge on any atom is 0.123 e. The number of pyridine rings is 1. The van der Waals surface area contributed by atoms with Crippen molar-refractivity contribution in [3.05, 3.63) is 54.2 Å². The topological polar surface area (TPSA) is 42.2 Å². The fraction of sp³-hybridized carbons (Fsp3) is 0.389. The molecule has 1 aromatic heterocycles. The SMILES string of the molecule is CCCN(CCCCc1ccnc(N)c1)c1ccccc1. The van der Waals surface area contributed by atoms with Crippen LogP contribution in [0.4, 0.5) is 11.5 Å². The highest BCUT2D eigenvalue weighted by Gasteiger charge is 2.04. The average molecular weight is 283 g/mol. The van der Waals surface area contributed by atoms with E-state index in [4.69, 9.17) is 5.73 Å². The molecule has 0 radical (unpaired) electrons. The molecule has 3 nitrogen and oxygen atoms in total. The first-order valence-electron chi connectivity index (χ1n) is 7.80. The molecule has 112 valence electrons. The number of rotatable bonds is 8. The Morgan fingerprint density at radius 3 is 2.57 bits per heavy atom. The van der Waals surface area contributed by atoms with E-state index in [2.05, 4.69) is 53.2 Å². The average Bonchev–Trinajstić information content (AvgIpc) is 2.51. The number of benzene rings is 1. The standard InChI is InChI=1S/C18H25N3/c1-2-13-21(17-9-4-3-5-10-17)14-7-6-8-16-11-12-20-18(19)15-16/h3-5,9-12,15H,2,6-8,13-14H2,1H3,(H2,19,20). The number of para-hydroxylation sites is 1. The zero-order valence-corrected chi connectivity index (χ0v) is 12.8. The Balaban J connectivity index is 1.80. The maximum absolute atomic E-state index is 5.71. The van der Waals surface area contributed by atoms with E-state index in [1.54, 1.807) is 6.20 Å². The zero-order chi connectivity index (χ0) is 14.9. The van der Waals surface area contributed by atoms with Gasteiger partial charge in [-0.3, -0.25) is 0 Å². The number of nitrogens with two attached hydrogens (primary N) is 1. The fourth-order valence-corrected chi connectivity index (χ4v) is 2.56. The lowest BCUT2D eigenvalue weighted by atomic mass is 10.1. The Bertz CT molecular complexity index is 525. The van der Waals surface area contributed by atoms with Crippen LogP contribution in [0.2, 0.25) is 0 Å². The second kappa shape index (κ2) is 8.30. The molecule has 0 aliphatic rings. The summed E-state index contributed by atoms with van der Waals surface area (Å²) in [6.07, 6.45) is 6.41. The smallest absolute Gasteiger partial charge is 0.123 e. The molecule has 0 saturated carbocycles. The third-order valence-corrected chi connectivity index (χ3v) is 3.60. The third kappa shape index (κ3) is 5.10. The van der Waals surface area contributed by atoms with Gasteiger partial charge in [0.25, 0.3) is 0 Å². The Morgan fingerprint density at radius 1 is 1.05 bits per heavy atom. The Morgan fingerprint density at radius 2 is 1.86 bits per heavy atom. The molecule has 0 atom stereocenters. The molecule has 0 aliphatic heterocycles. The van der Waals surface area contributed by atoms with E-state index in [0.29, 0.717) is 5.82 Å². The number of aryl methyl sites for hydroxylation is 1.